The Kier molecular flexibility index (Phi) is 6.11. The Morgan fingerprint density at radius 3 is 2.74 bits per heavy atom. The van der Waals surface area contributed by atoms with Crippen LogP contribution in [0.1, 0.15) is 19.8 Å². The maximum atomic E-state index is 11.7. The van der Waals surface area contributed by atoms with Crippen molar-refractivity contribution in [3.63, 3.8) is 0 Å². The van der Waals surface area contributed by atoms with Crippen LogP contribution in [0.5, 0.6) is 0 Å². The van der Waals surface area contributed by atoms with Crippen LogP contribution >= 0.6 is 27.5 Å². The van der Waals surface area contributed by atoms with Crippen LogP contribution in [0.15, 0.2) is 22.7 Å². The monoisotopic (exact) mass is 348 g/mol. The van der Waals surface area contributed by atoms with E-state index in [1.165, 1.54) is 0 Å². The molecule has 1 atom stereocenters. The number of carboxylic acid groups (broad SMARTS) is 1. The second-order valence-corrected chi connectivity index (χ2v) is 5.19. The lowest BCUT2D eigenvalue weighted by Gasteiger charge is -2.15. The Labute approximate surface area is 124 Å². The zero-order chi connectivity index (χ0) is 14.4. The molecule has 0 saturated heterocycles. The highest BCUT2D eigenvalue weighted by atomic mass is 79.9. The van der Waals surface area contributed by atoms with Gasteiger partial charge < -0.3 is 15.7 Å². The second kappa shape index (κ2) is 7.35. The quantitative estimate of drug-likeness (QED) is 0.761. The van der Waals surface area contributed by atoms with Crippen LogP contribution in [0.3, 0.4) is 0 Å². The summed E-state index contributed by atoms with van der Waals surface area (Å²) in [4.78, 5) is 22.6. The van der Waals surface area contributed by atoms with Gasteiger partial charge in [0, 0.05) is 9.50 Å². The summed E-state index contributed by atoms with van der Waals surface area (Å²) in [5.41, 5.74) is 0.477. The maximum Gasteiger partial charge on any atom is 0.326 e. The first kappa shape index (κ1) is 15.8. The third-order valence-electron chi connectivity index (χ3n) is 2.36. The average Bonchev–Trinajstić information content (AvgIpc) is 2.33. The fourth-order valence-corrected chi connectivity index (χ4v) is 1.97. The molecule has 2 amide bonds. The zero-order valence-electron chi connectivity index (χ0n) is 10.2. The standard InChI is InChI=1S/C12H14BrClN2O3/c1-2-3-9(11(17)18)15-12(19)16-10-6-7(14)4-5-8(10)13/h4-6,9H,2-3H2,1H3,(H,17,18)(H2,15,16,19)/t9-/m0/s1. The Hall–Kier alpha value is -1.27. The zero-order valence-corrected chi connectivity index (χ0v) is 12.6. The van der Waals surface area contributed by atoms with E-state index in [1.807, 2.05) is 6.92 Å². The molecule has 1 aromatic rings. The minimum Gasteiger partial charge on any atom is -0.480 e. The molecule has 5 nitrogen and oxygen atoms in total. The van der Waals surface area contributed by atoms with Gasteiger partial charge in [-0.2, -0.15) is 0 Å². The molecule has 7 heteroatoms. The Bertz CT molecular complexity index is 482. The van der Waals surface area contributed by atoms with E-state index in [0.717, 1.165) is 0 Å². The summed E-state index contributed by atoms with van der Waals surface area (Å²) in [5, 5.41) is 14.4. The Balaban J connectivity index is 2.68. The van der Waals surface area contributed by atoms with Gasteiger partial charge in [0.05, 0.1) is 5.69 Å². The molecule has 0 radical (unpaired) electrons. The van der Waals surface area contributed by atoms with Gasteiger partial charge in [0.25, 0.3) is 0 Å². The van der Waals surface area contributed by atoms with Crippen molar-refractivity contribution in [2.75, 3.05) is 5.32 Å². The molecule has 3 N–H and O–H groups in total. The largest absolute Gasteiger partial charge is 0.480 e. The van der Waals surface area contributed by atoms with Gasteiger partial charge in [-0.25, -0.2) is 9.59 Å². The smallest absolute Gasteiger partial charge is 0.326 e. The number of carboxylic acids is 1. The summed E-state index contributed by atoms with van der Waals surface area (Å²) in [6.45, 7) is 1.85. The Morgan fingerprint density at radius 2 is 2.16 bits per heavy atom. The van der Waals surface area contributed by atoms with E-state index in [-0.39, 0.29) is 0 Å². The number of rotatable bonds is 5. The van der Waals surface area contributed by atoms with Gasteiger partial charge in [-0.05, 0) is 40.5 Å². The molecule has 0 aliphatic rings. The summed E-state index contributed by atoms with van der Waals surface area (Å²) >= 11 is 9.09. The van der Waals surface area contributed by atoms with Crippen molar-refractivity contribution in [1.29, 1.82) is 0 Å². The molecule has 19 heavy (non-hydrogen) atoms. The van der Waals surface area contributed by atoms with E-state index < -0.39 is 18.0 Å². The molecule has 0 aliphatic heterocycles. The molecule has 0 fully saturated rings. The number of halogens is 2. The summed E-state index contributed by atoms with van der Waals surface area (Å²) in [5.74, 6) is -1.05. The van der Waals surface area contributed by atoms with Crippen molar-refractivity contribution >= 4 is 45.2 Å². The van der Waals surface area contributed by atoms with E-state index >= 15 is 0 Å². The number of hydrogen-bond acceptors (Lipinski definition) is 2. The topological polar surface area (TPSA) is 78.4 Å². The number of benzene rings is 1. The van der Waals surface area contributed by atoms with Gasteiger partial charge in [-0.15, -0.1) is 0 Å². The lowest BCUT2D eigenvalue weighted by molar-refractivity contribution is -0.139. The van der Waals surface area contributed by atoms with Gasteiger partial charge in [0.1, 0.15) is 6.04 Å². The molecular formula is C12H14BrClN2O3. The van der Waals surface area contributed by atoms with E-state index in [4.69, 9.17) is 16.7 Å². The van der Waals surface area contributed by atoms with Crippen LogP contribution in [0.4, 0.5) is 10.5 Å². The van der Waals surface area contributed by atoms with Crippen LogP contribution < -0.4 is 10.6 Å². The van der Waals surface area contributed by atoms with Crippen molar-refractivity contribution in [3.8, 4) is 0 Å². The highest BCUT2D eigenvalue weighted by molar-refractivity contribution is 9.10. The third kappa shape index (κ3) is 5.08. The normalized spacial score (nSPS) is 11.7. The molecule has 0 spiro atoms. The lowest BCUT2D eigenvalue weighted by Crippen LogP contribution is -2.42. The SMILES string of the molecule is CCC[C@H](NC(=O)Nc1cc(Cl)ccc1Br)C(=O)O. The molecule has 0 bridgehead atoms. The first-order chi connectivity index (χ1) is 8.93. The van der Waals surface area contributed by atoms with Crippen molar-refractivity contribution in [3.05, 3.63) is 27.7 Å². The molecule has 1 aromatic carbocycles. The fraction of sp³-hybridized carbons (Fsp3) is 0.333. The maximum absolute atomic E-state index is 11.7. The number of aliphatic carboxylic acids is 1. The summed E-state index contributed by atoms with van der Waals surface area (Å²) < 4.78 is 0.661. The minimum atomic E-state index is -1.05. The number of carbonyl (C=O) groups excluding carboxylic acids is 1. The summed E-state index contributed by atoms with van der Waals surface area (Å²) in [7, 11) is 0. The molecule has 0 saturated carbocycles. The predicted molar refractivity (Wildman–Crippen MR) is 77.6 cm³/mol. The van der Waals surface area contributed by atoms with Crippen LogP contribution in [0, 0.1) is 0 Å². The molecule has 0 aromatic heterocycles. The third-order valence-corrected chi connectivity index (χ3v) is 3.28. The molecule has 0 aliphatic carbocycles. The van der Waals surface area contributed by atoms with E-state index in [1.54, 1.807) is 18.2 Å². The van der Waals surface area contributed by atoms with Crippen molar-refractivity contribution in [1.82, 2.24) is 5.32 Å². The van der Waals surface area contributed by atoms with Crippen molar-refractivity contribution in [2.45, 2.75) is 25.8 Å². The first-order valence-electron chi connectivity index (χ1n) is 5.69. The minimum absolute atomic E-state index is 0.374. The molecule has 104 valence electrons. The van der Waals surface area contributed by atoms with E-state index in [0.29, 0.717) is 28.0 Å². The number of carbonyl (C=O) groups is 2. The molecule has 0 unspecified atom stereocenters. The van der Waals surface area contributed by atoms with Crippen molar-refractivity contribution < 1.29 is 14.7 Å². The van der Waals surface area contributed by atoms with Crippen LogP contribution in [-0.2, 0) is 4.79 Å². The van der Waals surface area contributed by atoms with Crippen molar-refractivity contribution in [2.24, 2.45) is 0 Å². The highest BCUT2D eigenvalue weighted by Gasteiger charge is 2.19. The number of amides is 2. The molecule has 0 heterocycles. The fourth-order valence-electron chi connectivity index (χ4n) is 1.46. The first-order valence-corrected chi connectivity index (χ1v) is 6.86. The molecular weight excluding hydrogens is 336 g/mol. The Morgan fingerprint density at radius 1 is 1.47 bits per heavy atom. The average molecular weight is 350 g/mol. The summed E-state index contributed by atoms with van der Waals surface area (Å²) in [6, 6.07) is 3.46. The number of anilines is 1. The van der Waals surface area contributed by atoms with E-state index in [2.05, 4.69) is 26.6 Å². The lowest BCUT2D eigenvalue weighted by atomic mass is 10.2. The molecule has 1 rings (SSSR count). The second-order valence-electron chi connectivity index (χ2n) is 3.90. The van der Waals surface area contributed by atoms with Gasteiger partial charge >= 0.3 is 12.0 Å². The van der Waals surface area contributed by atoms with Gasteiger partial charge in [-0.1, -0.05) is 24.9 Å². The van der Waals surface area contributed by atoms with Crippen LogP contribution in [0.25, 0.3) is 0 Å². The van der Waals surface area contributed by atoms with E-state index in [9.17, 15) is 9.59 Å². The van der Waals surface area contributed by atoms with Crippen LogP contribution in [0.2, 0.25) is 5.02 Å². The van der Waals surface area contributed by atoms with Crippen LogP contribution in [-0.4, -0.2) is 23.1 Å². The van der Waals surface area contributed by atoms with Gasteiger partial charge in [0.15, 0.2) is 0 Å². The number of nitrogens with one attached hydrogen (secondary N) is 2. The number of urea groups is 1. The summed E-state index contributed by atoms with van der Waals surface area (Å²) in [6.07, 6.45) is 1.04. The van der Waals surface area contributed by atoms with Gasteiger partial charge in [-0.3, -0.25) is 0 Å². The van der Waals surface area contributed by atoms with Gasteiger partial charge in [0.2, 0.25) is 0 Å². The highest BCUT2D eigenvalue weighted by Crippen LogP contribution is 2.25. The predicted octanol–water partition coefficient (Wildman–Crippen LogP) is 3.48. The number of hydrogen-bond donors (Lipinski definition) is 3.